The van der Waals surface area contributed by atoms with Gasteiger partial charge < -0.3 is 38.8 Å². The number of rotatable bonds is 4. The van der Waals surface area contributed by atoms with Crippen molar-refractivity contribution in [2.45, 2.75) is 122 Å². The molecule has 0 aromatic heterocycles. The highest BCUT2D eigenvalue weighted by Gasteiger charge is 2.43. The standard InChI is InChI=1S/C28H53NO8/c1-17-11-22(30)12-18(2)24(37-23-14-27(6,34-10)13-19(3)36-23)20(4)26(31)35-16-28(7,32)25(33-9)21(5)29(8)15-17/h17-25,30,32H,11-16H2,1-10H3/t17-,18-,19+,20-,21-,22-,23+,24+,25-,27+,28-/m1/s1. The molecule has 0 aliphatic carbocycles. The number of carbonyl (C=O) groups excluding carboxylic acids is 1. The van der Waals surface area contributed by atoms with Crippen molar-refractivity contribution in [1.82, 2.24) is 4.90 Å². The molecule has 0 bridgehead atoms. The first kappa shape index (κ1) is 32.4. The number of carbonyl (C=O) groups is 1. The fourth-order valence-corrected chi connectivity index (χ4v) is 6.19. The third-order valence-corrected chi connectivity index (χ3v) is 8.35. The molecule has 0 saturated carbocycles. The second-order valence-electron chi connectivity index (χ2n) is 12.3. The lowest BCUT2D eigenvalue weighted by molar-refractivity contribution is -0.264. The molecule has 0 radical (unpaired) electrons. The van der Waals surface area contributed by atoms with Gasteiger partial charge in [0, 0.05) is 39.6 Å². The number of nitrogens with zero attached hydrogens (tertiary/aromatic N) is 1. The lowest BCUT2D eigenvalue weighted by Gasteiger charge is -2.42. The van der Waals surface area contributed by atoms with Gasteiger partial charge in [0.1, 0.15) is 18.3 Å². The van der Waals surface area contributed by atoms with Crippen LogP contribution in [0.5, 0.6) is 0 Å². The van der Waals surface area contributed by atoms with Crippen LogP contribution in [0.1, 0.15) is 74.1 Å². The number of ether oxygens (including phenoxy) is 5. The second kappa shape index (κ2) is 13.5. The van der Waals surface area contributed by atoms with Crippen LogP contribution in [-0.4, -0.2) is 103 Å². The van der Waals surface area contributed by atoms with E-state index < -0.39 is 42.1 Å². The van der Waals surface area contributed by atoms with Crippen LogP contribution in [0.2, 0.25) is 0 Å². The van der Waals surface area contributed by atoms with Gasteiger partial charge in [-0.1, -0.05) is 13.8 Å². The van der Waals surface area contributed by atoms with Gasteiger partial charge in [-0.2, -0.15) is 0 Å². The summed E-state index contributed by atoms with van der Waals surface area (Å²) in [6.07, 6.45) is 0.0764. The Morgan fingerprint density at radius 3 is 2.30 bits per heavy atom. The number of esters is 1. The average Bonchev–Trinajstić information content (AvgIpc) is 2.79. The highest BCUT2D eigenvalue weighted by molar-refractivity contribution is 5.72. The molecule has 37 heavy (non-hydrogen) atoms. The molecular formula is C28H53NO8. The lowest BCUT2D eigenvalue weighted by atomic mass is 9.86. The van der Waals surface area contributed by atoms with Crippen molar-refractivity contribution in [3.05, 3.63) is 0 Å². The number of likely N-dealkylation sites (N-methyl/N-ethyl adjacent to an activating group) is 1. The predicted molar refractivity (Wildman–Crippen MR) is 141 cm³/mol. The Kier molecular flexibility index (Phi) is 11.8. The number of aliphatic hydroxyl groups is 2. The maximum absolute atomic E-state index is 13.3. The maximum atomic E-state index is 13.3. The molecule has 2 rings (SSSR count). The van der Waals surface area contributed by atoms with Crippen LogP contribution in [0.4, 0.5) is 0 Å². The molecule has 2 fully saturated rings. The minimum atomic E-state index is -1.40. The molecule has 218 valence electrons. The number of cyclic esters (lactones) is 1. The molecule has 2 aliphatic heterocycles. The highest BCUT2D eigenvalue weighted by atomic mass is 16.7. The van der Waals surface area contributed by atoms with Gasteiger partial charge in [-0.25, -0.2) is 0 Å². The Bertz CT molecular complexity index is 720. The van der Waals surface area contributed by atoms with Crippen LogP contribution in [0.25, 0.3) is 0 Å². The quantitative estimate of drug-likeness (QED) is 0.530. The van der Waals surface area contributed by atoms with E-state index in [0.29, 0.717) is 19.3 Å². The van der Waals surface area contributed by atoms with Crippen molar-refractivity contribution in [1.29, 1.82) is 0 Å². The Balaban J connectivity index is 2.32. The summed E-state index contributed by atoms with van der Waals surface area (Å²) in [7, 11) is 5.23. The van der Waals surface area contributed by atoms with Crippen LogP contribution in [0, 0.1) is 17.8 Å². The van der Waals surface area contributed by atoms with Crippen molar-refractivity contribution in [2.24, 2.45) is 17.8 Å². The summed E-state index contributed by atoms with van der Waals surface area (Å²) in [5, 5.41) is 22.2. The van der Waals surface area contributed by atoms with Crippen molar-refractivity contribution in [3.63, 3.8) is 0 Å². The summed E-state index contributed by atoms with van der Waals surface area (Å²) in [5.74, 6) is -1.05. The summed E-state index contributed by atoms with van der Waals surface area (Å²) in [6.45, 7) is 14.0. The summed E-state index contributed by atoms with van der Waals surface area (Å²) in [6, 6.07) is -0.142. The smallest absolute Gasteiger partial charge is 0.311 e. The number of hydrogen-bond donors (Lipinski definition) is 2. The van der Waals surface area contributed by atoms with Crippen molar-refractivity contribution in [3.8, 4) is 0 Å². The molecule has 0 aromatic carbocycles. The van der Waals surface area contributed by atoms with Crippen molar-refractivity contribution >= 4 is 5.97 Å². The Hall–Kier alpha value is -0.810. The van der Waals surface area contributed by atoms with Crippen LogP contribution in [0.3, 0.4) is 0 Å². The van der Waals surface area contributed by atoms with E-state index in [2.05, 4.69) is 11.8 Å². The summed E-state index contributed by atoms with van der Waals surface area (Å²) < 4.78 is 29.7. The molecule has 0 spiro atoms. The molecule has 2 saturated heterocycles. The zero-order valence-electron chi connectivity index (χ0n) is 24.7. The first-order chi connectivity index (χ1) is 17.1. The van der Waals surface area contributed by atoms with Gasteiger partial charge in [0.15, 0.2) is 6.29 Å². The molecule has 2 aliphatic rings. The summed E-state index contributed by atoms with van der Waals surface area (Å²) in [4.78, 5) is 15.4. The van der Waals surface area contributed by atoms with Gasteiger partial charge in [-0.05, 0) is 66.3 Å². The lowest BCUT2D eigenvalue weighted by Crippen LogP contribution is -2.56. The van der Waals surface area contributed by atoms with E-state index in [1.54, 1.807) is 28.1 Å². The average molecular weight is 532 g/mol. The fourth-order valence-electron chi connectivity index (χ4n) is 6.19. The predicted octanol–water partition coefficient (Wildman–Crippen LogP) is 2.99. The van der Waals surface area contributed by atoms with E-state index in [4.69, 9.17) is 23.7 Å². The Labute approximate surface area is 224 Å². The van der Waals surface area contributed by atoms with E-state index in [0.717, 1.165) is 13.0 Å². The third kappa shape index (κ3) is 8.85. The number of methoxy groups -OCH3 is 2. The first-order valence-corrected chi connectivity index (χ1v) is 13.8. The fraction of sp³-hybridized carbons (Fsp3) is 0.964. The van der Waals surface area contributed by atoms with Crippen molar-refractivity contribution < 1.29 is 38.7 Å². The normalized spacial score (nSPS) is 46.1. The molecule has 11 atom stereocenters. The molecular weight excluding hydrogens is 478 g/mol. The Morgan fingerprint density at radius 1 is 1.05 bits per heavy atom. The van der Waals surface area contributed by atoms with Gasteiger partial charge in [0.2, 0.25) is 0 Å². The largest absolute Gasteiger partial charge is 0.462 e. The first-order valence-electron chi connectivity index (χ1n) is 13.8. The minimum Gasteiger partial charge on any atom is -0.462 e. The topological polar surface area (TPSA) is 107 Å². The number of hydrogen-bond acceptors (Lipinski definition) is 9. The van der Waals surface area contributed by atoms with E-state index in [9.17, 15) is 15.0 Å². The van der Waals surface area contributed by atoms with Gasteiger partial charge >= 0.3 is 5.97 Å². The molecule has 9 nitrogen and oxygen atoms in total. The molecule has 2 N–H and O–H groups in total. The number of aliphatic hydroxyl groups excluding tert-OH is 1. The van der Waals surface area contributed by atoms with Gasteiger partial charge in [0.05, 0.1) is 29.8 Å². The van der Waals surface area contributed by atoms with Crippen LogP contribution in [0.15, 0.2) is 0 Å². The van der Waals surface area contributed by atoms with Gasteiger partial charge in [-0.3, -0.25) is 4.79 Å². The van der Waals surface area contributed by atoms with Gasteiger partial charge in [0.25, 0.3) is 0 Å². The monoisotopic (exact) mass is 531 g/mol. The zero-order chi connectivity index (χ0) is 28.1. The molecule has 9 heteroatoms. The molecule has 0 amide bonds. The summed E-state index contributed by atoms with van der Waals surface area (Å²) in [5.41, 5.74) is -1.79. The van der Waals surface area contributed by atoms with Crippen molar-refractivity contribution in [2.75, 3.05) is 34.4 Å². The zero-order valence-corrected chi connectivity index (χ0v) is 24.7. The minimum absolute atomic E-state index is 0.0602. The molecule has 0 unspecified atom stereocenters. The van der Waals surface area contributed by atoms with E-state index in [-0.39, 0.29) is 36.2 Å². The van der Waals surface area contributed by atoms with E-state index in [1.165, 1.54) is 0 Å². The third-order valence-electron chi connectivity index (χ3n) is 8.35. The molecule has 2 heterocycles. The van der Waals surface area contributed by atoms with Crippen LogP contribution in [-0.2, 0) is 28.5 Å². The van der Waals surface area contributed by atoms with E-state index in [1.807, 2.05) is 34.7 Å². The second-order valence-corrected chi connectivity index (χ2v) is 12.3. The highest BCUT2D eigenvalue weighted by Crippen LogP contribution is 2.35. The maximum Gasteiger partial charge on any atom is 0.311 e. The SMILES string of the molecule is CO[C@@H]1[C@@H](C)N(C)C[C@H](C)C[C@@H](O)C[C@@H](C)[C@H](O[C@H]2C[C@@](C)(OC)C[C@H](C)O2)[C@@H](C)C(=O)OC[C@@]1(C)O. The van der Waals surface area contributed by atoms with Gasteiger partial charge in [-0.15, -0.1) is 0 Å². The summed E-state index contributed by atoms with van der Waals surface area (Å²) >= 11 is 0. The Morgan fingerprint density at radius 2 is 1.70 bits per heavy atom. The van der Waals surface area contributed by atoms with E-state index >= 15 is 0 Å². The molecule has 0 aromatic rings. The van der Waals surface area contributed by atoms with Crippen LogP contribution >= 0.6 is 0 Å². The van der Waals surface area contributed by atoms with Crippen LogP contribution < -0.4 is 0 Å².